The van der Waals surface area contributed by atoms with E-state index in [-0.39, 0.29) is 29.8 Å². The fourth-order valence-electron chi connectivity index (χ4n) is 4.38. The molecule has 34 heavy (non-hydrogen) atoms. The molecule has 0 aliphatic carbocycles. The summed E-state index contributed by atoms with van der Waals surface area (Å²) < 4.78 is 6.91. The van der Waals surface area contributed by atoms with Crippen LogP contribution in [0.15, 0.2) is 84.9 Å². The Balaban J connectivity index is 0.00000241. The molecule has 0 saturated heterocycles. The van der Waals surface area contributed by atoms with Crippen LogP contribution in [-0.4, -0.2) is 10.2 Å². The Kier molecular flexibility index (Phi) is 6.38. The maximum absolute atomic E-state index is 13.5. The van der Waals surface area contributed by atoms with E-state index in [1.54, 1.807) is 22.7 Å². The molecule has 0 saturated carbocycles. The predicted octanol–water partition coefficient (Wildman–Crippen LogP) is 4.08. The van der Waals surface area contributed by atoms with E-state index in [9.17, 15) is 4.79 Å². The van der Waals surface area contributed by atoms with Crippen LogP contribution in [0.1, 0.15) is 33.5 Å². The van der Waals surface area contributed by atoms with Crippen LogP contribution in [-0.2, 0) is 6.54 Å². The monoisotopic (exact) mass is 592 g/mol. The summed E-state index contributed by atoms with van der Waals surface area (Å²) in [5.74, 6) is 0.0410. The Morgan fingerprint density at radius 1 is 0.882 bits per heavy atom. The van der Waals surface area contributed by atoms with Crippen LogP contribution in [0.2, 0.25) is 0 Å². The SMILES string of the molecule is CC[n+]1c(/C=C/c2cc(C(=O)c3ccccc3)n3c2sc2ccccc23)sc2ccccc21.[I-]. The lowest BCUT2D eigenvalue weighted by Gasteiger charge is -2.01. The second-order valence-corrected chi connectivity index (χ2v) is 9.97. The smallest absolute Gasteiger partial charge is 0.262 e. The van der Waals surface area contributed by atoms with Crippen molar-refractivity contribution < 1.29 is 33.3 Å². The van der Waals surface area contributed by atoms with Crippen molar-refractivity contribution in [3.63, 3.8) is 0 Å². The molecule has 3 aromatic carbocycles. The van der Waals surface area contributed by atoms with E-state index >= 15 is 0 Å². The Morgan fingerprint density at radius 2 is 1.59 bits per heavy atom. The Labute approximate surface area is 222 Å². The van der Waals surface area contributed by atoms with Gasteiger partial charge in [-0.1, -0.05) is 65.9 Å². The highest BCUT2D eigenvalue weighted by Gasteiger charge is 2.21. The molecule has 0 N–H and O–H groups in total. The quantitative estimate of drug-likeness (QED) is 0.168. The average molecular weight is 593 g/mol. The number of rotatable bonds is 5. The van der Waals surface area contributed by atoms with Gasteiger partial charge in [0, 0.05) is 23.3 Å². The molecule has 0 amide bonds. The van der Waals surface area contributed by atoms with Gasteiger partial charge in [-0.25, -0.2) is 0 Å². The number of aryl methyl sites for hydroxylation is 1. The van der Waals surface area contributed by atoms with Gasteiger partial charge in [-0.2, -0.15) is 4.57 Å². The molecule has 3 nitrogen and oxygen atoms in total. The zero-order valence-corrected chi connectivity index (χ0v) is 22.2. The molecule has 3 aromatic heterocycles. The number of carbonyl (C=O) groups is 1. The van der Waals surface area contributed by atoms with Gasteiger partial charge >= 0.3 is 0 Å². The van der Waals surface area contributed by atoms with Crippen molar-refractivity contribution >= 4 is 65.9 Å². The van der Waals surface area contributed by atoms with E-state index in [1.165, 1.54) is 19.9 Å². The molecular weight excluding hydrogens is 571 g/mol. The molecule has 6 heteroatoms. The first-order chi connectivity index (χ1) is 16.2. The first kappa shape index (κ1) is 23.0. The van der Waals surface area contributed by atoms with Crippen LogP contribution < -0.4 is 28.5 Å². The number of carbonyl (C=O) groups excluding carboxylic acids is 1. The van der Waals surface area contributed by atoms with Gasteiger partial charge in [0.2, 0.25) is 11.3 Å². The molecule has 0 aliphatic heterocycles. The molecule has 168 valence electrons. The van der Waals surface area contributed by atoms with Crippen molar-refractivity contribution in [2.24, 2.45) is 0 Å². The largest absolute Gasteiger partial charge is 1.00 e. The van der Waals surface area contributed by atoms with Gasteiger partial charge in [0.1, 0.15) is 16.1 Å². The first-order valence-electron chi connectivity index (χ1n) is 11.0. The van der Waals surface area contributed by atoms with Crippen LogP contribution in [0.3, 0.4) is 0 Å². The highest BCUT2D eigenvalue weighted by atomic mass is 127. The first-order valence-corrected chi connectivity index (χ1v) is 12.6. The van der Waals surface area contributed by atoms with Crippen molar-refractivity contribution in [3.05, 3.63) is 107 Å². The summed E-state index contributed by atoms with van der Waals surface area (Å²) in [7, 11) is 0. The van der Waals surface area contributed by atoms with E-state index in [0.717, 1.165) is 22.5 Å². The zero-order valence-electron chi connectivity index (χ0n) is 18.4. The predicted molar refractivity (Wildman–Crippen MR) is 139 cm³/mol. The van der Waals surface area contributed by atoms with Gasteiger partial charge in [0.05, 0.1) is 15.9 Å². The van der Waals surface area contributed by atoms with Crippen molar-refractivity contribution in [1.82, 2.24) is 4.40 Å². The van der Waals surface area contributed by atoms with Crippen LogP contribution in [0, 0.1) is 0 Å². The number of para-hydroxylation sites is 2. The third-order valence-corrected chi connectivity index (χ3v) is 8.23. The van der Waals surface area contributed by atoms with Gasteiger partial charge in [0.15, 0.2) is 0 Å². The maximum atomic E-state index is 13.5. The third-order valence-electron chi connectivity index (χ3n) is 5.92. The van der Waals surface area contributed by atoms with Crippen molar-refractivity contribution in [2.75, 3.05) is 0 Å². The molecule has 0 fully saturated rings. The lowest BCUT2D eigenvalue weighted by molar-refractivity contribution is -0.665. The normalized spacial score (nSPS) is 11.6. The number of fused-ring (bicyclic) bond motifs is 4. The zero-order chi connectivity index (χ0) is 22.4. The van der Waals surface area contributed by atoms with E-state index < -0.39 is 0 Å². The minimum Gasteiger partial charge on any atom is -1.00 e. The summed E-state index contributed by atoms with van der Waals surface area (Å²) >= 11 is 3.52. The van der Waals surface area contributed by atoms with Gasteiger partial charge in [-0.15, -0.1) is 11.3 Å². The van der Waals surface area contributed by atoms with Crippen molar-refractivity contribution in [2.45, 2.75) is 13.5 Å². The summed E-state index contributed by atoms with van der Waals surface area (Å²) in [6.07, 6.45) is 4.34. The number of benzene rings is 3. The highest BCUT2D eigenvalue weighted by molar-refractivity contribution is 7.24. The van der Waals surface area contributed by atoms with E-state index in [1.807, 2.05) is 48.5 Å². The standard InChI is InChI=1S/C28H21N2OS2.HI/c1-2-29-21-12-6-8-14-24(21)32-26(29)17-16-20-18-23(27(31)19-10-4-3-5-11-19)30-22-13-7-9-15-25(22)33-28(20)30;/h3-18H,2H2,1H3;1H/q+1;/p-1. The van der Waals surface area contributed by atoms with Crippen LogP contribution in [0.5, 0.6) is 0 Å². The number of hydrogen-bond acceptors (Lipinski definition) is 3. The van der Waals surface area contributed by atoms with Crippen molar-refractivity contribution in [3.8, 4) is 0 Å². The van der Waals surface area contributed by atoms with E-state index in [0.29, 0.717) is 11.3 Å². The third kappa shape index (κ3) is 3.79. The number of halogens is 1. The van der Waals surface area contributed by atoms with Crippen molar-refractivity contribution in [1.29, 1.82) is 0 Å². The Morgan fingerprint density at radius 3 is 2.38 bits per heavy atom. The average Bonchev–Trinajstić information content (AvgIpc) is 3.53. The minimum atomic E-state index is 0. The molecule has 3 heterocycles. The topological polar surface area (TPSA) is 25.4 Å². The summed E-state index contributed by atoms with van der Waals surface area (Å²) in [6.45, 7) is 3.09. The van der Waals surface area contributed by atoms with Crippen LogP contribution in [0.25, 0.3) is 37.4 Å². The molecule has 0 spiro atoms. The number of nitrogens with zero attached hydrogens (tertiary/aromatic N) is 2. The fourth-order valence-corrected chi connectivity index (χ4v) is 6.66. The number of thiazole rings is 2. The second kappa shape index (κ2) is 9.44. The van der Waals surface area contributed by atoms with Crippen LogP contribution in [0.4, 0.5) is 0 Å². The molecular formula is C28H21IN2OS2. The molecule has 0 bridgehead atoms. The maximum Gasteiger partial charge on any atom is 0.262 e. The lowest BCUT2D eigenvalue weighted by atomic mass is 10.1. The van der Waals surface area contributed by atoms with Gasteiger partial charge in [0.25, 0.3) is 5.01 Å². The second-order valence-electron chi connectivity index (χ2n) is 7.88. The minimum absolute atomic E-state index is 0. The van der Waals surface area contributed by atoms with Gasteiger partial charge < -0.3 is 24.0 Å². The molecule has 0 aliphatic rings. The number of hydrogen-bond donors (Lipinski definition) is 0. The summed E-state index contributed by atoms with van der Waals surface area (Å²) in [6, 6.07) is 28.4. The van der Waals surface area contributed by atoms with Gasteiger partial charge in [-0.3, -0.25) is 9.20 Å². The van der Waals surface area contributed by atoms with Gasteiger partial charge in [-0.05, 0) is 37.3 Å². The summed E-state index contributed by atoms with van der Waals surface area (Å²) in [5, 5.41) is 1.20. The molecule has 0 radical (unpaired) electrons. The molecule has 0 unspecified atom stereocenters. The number of aromatic nitrogens is 2. The Hall–Kier alpha value is -2.81. The molecule has 6 rings (SSSR count). The fraction of sp³-hybridized carbons (Fsp3) is 0.0714. The van der Waals surface area contributed by atoms with Crippen LogP contribution >= 0.6 is 22.7 Å². The molecule has 0 atom stereocenters. The highest BCUT2D eigenvalue weighted by Crippen LogP contribution is 2.34. The summed E-state index contributed by atoms with van der Waals surface area (Å²) in [4.78, 5) is 14.6. The Bertz CT molecular complexity index is 1670. The van der Waals surface area contributed by atoms with E-state index in [2.05, 4.69) is 64.4 Å². The lowest BCUT2D eigenvalue weighted by Crippen LogP contribution is -3.00. The number of ketones is 1. The van der Waals surface area contributed by atoms with E-state index in [4.69, 9.17) is 0 Å². The summed E-state index contributed by atoms with van der Waals surface area (Å²) in [5.41, 5.74) is 4.80. The molecule has 6 aromatic rings.